The van der Waals surface area contributed by atoms with Gasteiger partial charge in [0, 0.05) is 18.8 Å². The second kappa shape index (κ2) is 13.2. The third-order valence-electron chi connectivity index (χ3n) is 5.19. The Balaban J connectivity index is 2.08. The Morgan fingerprint density at radius 2 is 1.68 bits per heavy atom. The topological polar surface area (TPSA) is 49.4 Å². The molecule has 0 spiro atoms. The van der Waals surface area contributed by atoms with Crippen LogP contribution in [0.15, 0.2) is 48.5 Å². The van der Waals surface area contributed by atoms with Crippen LogP contribution in [-0.2, 0) is 21.9 Å². The first-order valence-corrected chi connectivity index (χ1v) is 12.4. The van der Waals surface area contributed by atoms with Gasteiger partial charge in [0.15, 0.2) is 0 Å². The molecular formula is C26H36N2O2S. The molecule has 168 valence electrons. The summed E-state index contributed by atoms with van der Waals surface area (Å²) < 4.78 is 0. The predicted octanol–water partition coefficient (Wildman–Crippen LogP) is 5.26. The number of carbonyl (C=O) groups excluding carboxylic acids is 2. The average Bonchev–Trinajstić information content (AvgIpc) is 2.73. The van der Waals surface area contributed by atoms with Crippen molar-refractivity contribution in [2.45, 2.75) is 65.3 Å². The Hall–Kier alpha value is -2.27. The number of nitrogens with zero attached hydrogens (tertiary/aromatic N) is 1. The van der Waals surface area contributed by atoms with Gasteiger partial charge in [0.2, 0.25) is 11.8 Å². The molecule has 2 aromatic carbocycles. The van der Waals surface area contributed by atoms with Crippen LogP contribution < -0.4 is 5.32 Å². The van der Waals surface area contributed by atoms with Gasteiger partial charge in [0.25, 0.3) is 0 Å². The Bertz CT molecular complexity index is 818. The Labute approximate surface area is 191 Å². The van der Waals surface area contributed by atoms with Gasteiger partial charge in [0.1, 0.15) is 6.04 Å². The van der Waals surface area contributed by atoms with E-state index in [1.807, 2.05) is 37.3 Å². The van der Waals surface area contributed by atoms with E-state index in [0.717, 1.165) is 24.2 Å². The minimum Gasteiger partial charge on any atom is -0.354 e. The highest BCUT2D eigenvalue weighted by atomic mass is 32.2. The van der Waals surface area contributed by atoms with E-state index in [4.69, 9.17) is 0 Å². The normalized spacial score (nSPS) is 11.7. The summed E-state index contributed by atoms with van der Waals surface area (Å²) in [6.45, 7) is 9.36. The highest BCUT2D eigenvalue weighted by Gasteiger charge is 2.28. The largest absolute Gasteiger partial charge is 0.354 e. The van der Waals surface area contributed by atoms with E-state index in [2.05, 4.69) is 44.3 Å². The maximum Gasteiger partial charge on any atom is 0.242 e. The van der Waals surface area contributed by atoms with Crippen LogP contribution in [0.4, 0.5) is 0 Å². The van der Waals surface area contributed by atoms with E-state index in [-0.39, 0.29) is 11.8 Å². The molecule has 1 unspecified atom stereocenters. The SMILES string of the molecule is CCCCNC(=O)C(CC)N(Cc1ccccc1)C(=O)CSCc1cc(C)cc(C)c1. The standard InChI is InChI=1S/C26H36N2O2S/c1-5-7-13-27-26(30)24(6-2)28(17-22-11-9-8-10-12-22)25(29)19-31-18-23-15-20(3)14-21(4)16-23/h8-12,14-16,24H,5-7,13,17-19H2,1-4H3,(H,27,30). The van der Waals surface area contributed by atoms with Crippen molar-refractivity contribution in [3.8, 4) is 0 Å². The molecule has 31 heavy (non-hydrogen) atoms. The number of hydrogen-bond acceptors (Lipinski definition) is 3. The first-order chi connectivity index (χ1) is 14.9. The van der Waals surface area contributed by atoms with Crippen molar-refractivity contribution in [1.29, 1.82) is 0 Å². The molecule has 0 fully saturated rings. The van der Waals surface area contributed by atoms with Gasteiger partial charge in [-0.1, -0.05) is 79.9 Å². The fourth-order valence-electron chi connectivity index (χ4n) is 3.70. The van der Waals surface area contributed by atoms with Crippen molar-refractivity contribution in [2.75, 3.05) is 12.3 Å². The zero-order valence-corrected chi connectivity index (χ0v) is 20.1. The van der Waals surface area contributed by atoms with Gasteiger partial charge < -0.3 is 10.2 Å². The van der Waals surface area contributed by atoms with Crippen molar-refractivity contribution in [2.24, 2.45) is 0 Å². The smallest absolute Gasteiger partial charge is 0.242 e. The van der Waals surface area contributed by atoms with Crippen molar-refractivity contribution < 1.29 is 9.59 Å². The Morgan fingerprint density at radius 3 is 2.29 bits per heavy atom. The molecule has 0 radical (unpaired) electrons. The van der Waals surface area contributed by atoms with Crippen molar-refractivity contribution >= 4 is 23.6 Å². The van der Waals surface area contributed by atoms with Gasteiger partial charge in [-0.2, -0.15) is 0 Å². The minimum absolute atomic E-state index is 0.00993. The molecule has 2 amide bonds. The number of thioether (sulfide) groups is 1. The third kappa shape index (κ3) is 8.41. The Kier molecular flexibility index (Phi) is 10.6. The molecule has 0 saturated heterocycles. The third-order valence-corrected chi connectivity index (χ3v) is 6.18. The molecular weight excluding hydrogens is 404 g/mol. The summed E-state index contributed by atoms with van der Waals surface area (Å²) >= 11 is 1.61. The zero-order chi connectivity index (χ0) is 22.6. The van der Waals surface area contributed by atoms with E-state index in [1.54, 1.807) is 16.7 Å². The van der Waals surface area contributed by atoms with Crippen molar-refractivity contribution in [3.05, 3.63) is 70.8 Å². The maximum atomic E-state index is 13.2. The van der Waals surface area contributed by atoms with Crippen molar-refractivity contribution in [1.82, 2.24) is 10.2 Å². The van der Waals surface area contributed by atoms with Gasteiger partial charge in [-0.05, 0) is 37.8 Å². The monoisotopic (exact) mass is 440 g/mol. The molecule has 0 heterocycles. The van der Waals surface area contributed by atoms with Crippen LogP contribution in [0.2, 0.25) is 0 Å². The predicted molar refractivity (Wildman–Crippen MR) is 131 cm³/mol. The summed E-state index contributed by atoms with van der Waals surface area (Å²) in [5, 5.41) is 3.01. The van der Waals surface area contributed by atoms with Crippen LogP contribution in [0.25, 0.3) is 0 Å². The first-order valence-electron chi connectivity index (χ1n) is 11.2. The molecule has 4 nitrogen and oxygen atoms in total. The Morgan fingerprint density at radius 1 is 1.00 bits per heavy atom. The number of aryl methyl sites for hydroxylation is 2. The highest BCUT2D eigenvalue weighted by Crippen LogP contribution is 2.19. The second-order valence-corrected chi connectivity index (χ2v) is 9.05. The summed E-state index contributed by atoms with van der Waals surface area (Å²) in [6.07, 6.45) is 2.57. The van der Waals surface area contributed by atoms with Gasteiger partial charge in [-0.3, -0.25) is 9.59 Å². The summed E-state index contributed by atoms with van der Waals surface area (Å²) in [5.74, 6) is 1.10. The lowest BCUT2D eigenvalue weighted by Crippen LogP contribution is -2.49. The van der Waals surface area contributed by atoms with E-state index in [0.29, 0.717) is 25.3 Å². The van der Waals surface area contributed by atoms with Gasteiger partial charge in [-0.25, -0.2) is 0 Å². The average molecular weight is 441 g/mol. The summed E-state index contributed by atoms with van der Waals surface area (Å²) in [5.41, 5.74) is 4.74. The van der Waals surface area contributed by atoms with Crippen molar-refractivity contribution in [3.63, 3.8) is 0 Å². The molecule has 1 atom stereocenters. The molecule has 1 N–H and O–H groups in total. The molecule has 2 aromatic rings. The van der Waals surface area contributed by atoms with Crippen LogP contribution in [0.3, 0.4) is 0 Å². The van der Waals surface area contributed by atoms with E-state index in [1.165, 1.54) is 16.7 Å². The quantitative estimate of drug-likeness (QED) is 0.458. The molecule has 0 bridgehead atoms. The summed E-state index contributed by atoms with van der Waals surface area (Å²) in [7, 11) is 0. The van der Waals surface area contributed by atoms with E-state index >= 15 is 0 Å². The molecule has 0 aliphatic carbocycles. The number of nitrogens with one attached hydrogen (secondary N) is 1. The van der Waals surface area contributed by atoms with Gasteiger partial charge in [0.05, 0.1) is 5.75 Å². The van der Waals surface area contributed by atoms with Crippen LogP contribution in [0.5, 0.6) is 0 Å². The molecule has 0 aromatic heterocycles. The molecule has 0 saturated carbocycles. The van der Waals surface area contributed by atoms with Crippen LogP contribution in [0, 0.1) is 13.8 Å². The number of rotatable bonds is 12. The summed E-state index contributed by atoms with van der Waals surface area (Å²) in [6, 6.07) is 15.9. The molecule has 2 rings (SSSR count). The lowest BCUT2D eigenvalue weighted by Gasteiger charge is -2.30. The number of carbonyl (C=O) groups is 2. The van der Waals surface area contributed by atoms with E-state index in [9.17, 15) is 9.59 Å². The number of benzene rings is 2. The second-order valence-electron chi connectivity index (χ2n) is 8.06. The molecule has 0 aliphatic heterocycles. The number of hydrogen-bond donors (Lipinski definition) is 1. The molecule has 0 aliphatic rings. The maximum absolute atomic E-state index is 13.2. The van der Waals surface area contributed by atoms with Crippen LogP contribution in [-0.4, -0.2) is 35.1 Å². The lowest BCUT2D eigenvalue weighted by molar-refractivity contribution is -0.139. The van der Waals surface area contributed by atoms with Crippen LogP contribution >= 0.6 is 11.8 Å². The molecule has 5 heteroatoms. The van der Waals surface area contributed by atoms with Crippen LogP contribution in [0.1, 0.15) is 55.4 Å². The van der Waals surface area contributed by atoms with Gasteiger partial charge >= 0.3 is 0 Å². The summed E-state index contributed by atoms with van der Waals surface area (Å²) in [4.78, 5) is 27.8. The van der Waals surface area contributed by atoms with Gasteiger partial charge in [-0.15, -0.1) is 11.8 Å². The fourth-order valence-corrected chi connectivity index (χ4v) is 4.54. The fraction of sp³-hybridized carbons (Fsp3) is 0.462. The van der Waals surface area contributed by atoms with E-state index < -0.39 is 6.04 Å². The highest BCUT2D eigenvalue weighted by molar-refractivity contribution is 7.99. The first kappa shape index (κ1) is 25.0. The number of unbranched alkanes of at least 4 members (excludes halogenated alkanes) is 1. The number of amides is 2. The lowest BCUT2D eigenvalue weighted by atomic mass is 10.1. The minimum atomic E-state index is -0.452. The zero-order valence-electron chi connectivity index (χ0n) is 19.3.